The van der Waals surface area contributed by atoms with Gasteiger partial charge in [0.1, 0.15) is 30.8 Å². The van der Waals surface area contributed by atoms with Crippen molar-refractivity contribution in [3.63, 3.8) is 0 Å². The van der Waals surface area contributed by atoms with E-state index in [-0.39, 0.29) is 17.7 Å². The summed E-state index contributed by atoms with van der Waals surface area (Å²) in [4.78, 5) is 60.9. The van der Waals surface area contributed by atoms with Gasteiger partial charge < -0.3 is 18.9 Å². The number of halogens is 1. The normalized spacial score (nSPS) is 17.3. The van der Waals surface area contributed by atoms with Crippen LogP contribution in [0.2, 0.25) is 0 Å². The number of aromatic nitrogens is 5. The molecule has 17 heteroatoms. The molecule has 3 heterocycles. The van der Waals surface area contributed by atoms with Crippen LogP contribution in [0.25, 0.3) is 0 Å². The molecule has 0 bridgehead atoms. The minimum atomic E-state index is -1.22. The van der Waals surface area contributed by atoms with E-state index >= 15 is 0 Å². The van der Waals surface area contributed by atoms with Crippen LogP contribution >= 0.6 is 0 Å². The van der Waals surface area contributed by atoms with Crippen molar-refractivity contribution < 1.29 is 37.9 Å². The summed E-state index contributed by atoms with van der Waals surface area (Å²) in [6, 6.07) is 4.14. The van der Waals surface area contributed by atoms with Gasteiger partial charge in [0.25, 0.3) is 11.2 Å². The summed E-state index contributed by atoms with van der Waals surface area (Å²) in [5.74, 6) is -2.36. The first kappa shape index (κ1) is 35.9. The predicted octanol–water partition coefficient (Wildman–Crippen LogP) is 3.16. The van der Waals surface area contributed by atoms with E-state index < -0.39 is 65.4 Å². The number of carbonyl (C=O) groups is 2. The highest BCUT2D eigenvalue weighted by Gasteiger charge is 2.40. The smallest absolute Gasteiger partial charge is 0.330 e. The summed E-state index contributed by atoms with van der Waals surface area (Å²) < 4.78 is 38.6. The van der Waals surface area contributed by atoms with Crippen LogP contribution in [0.3, 0.4) is 0 Å². The van der Waals surface area contributed by atoms with Crippen LogP contribution in [0, 0.1) is 15.9 Å². The van der Waals surface area contributed by atoms with E-state index in [1.54, 1.807) is 0 Å². The number of nitrogens with zero attached hydrogens (tertiary/aromatic N) is 5. The Morgan fingerprint density at radius 3 is 2.71 bits per heavy atom. The zero-order valence-corrected chi connectivity index (χ0v) is 26.8. The molecule has 0 aliphatic carbocycles. The number of hydrogen-bond donors (Lipinski definition) is 1. The van der Waals surface area contributed by atoms with Crippen molar-refractivity contribution in [2.24, 2.45) is 0 Å². The molecule has 0 spiro atoms. The van der Waals surface area contributed by atoms with Gasteiger partial charge in [-0.3, -0.25) is 38.7 Å². The quantitative estimate of drug-likeness (QED) is 0.0896. The zero-order chi connectivity index (χ0) is 34.6. The number of nitro groups is 1. The molecule has 3 atom stereocenters. The van der Waals surface area contributed by atoms with Crippen LogP contribution < -0.4 is 16.0 Å². The molecule has 48 heavy (non-hydrogen) atoms. The van der Waals surface area contributed by atoms with Crippen LogP contribution in [0.5, 0.6) is 5.75 Å². The summed E-state index contributed by atoms with van der Waals surface area (Å²) in [5.41, 5.74) is -1.36. The second-order valence-corrected chi connectivity index (χ2v) is 11.4. The average Bonchev–Trinajstić information content (AvgIpc) is 3.66. The van der Waals surface area contributed by atoms with E-state index in [0.29, 0.717) is 18.6 Å². The number of H-pyrrole nitrogens is 1. The summed E-state index contributed by atoms with van der Waals surface area (Å²) in [5, 5.41) is 20.0. The monoisotopic (exact) mass is 674 g/mol. The Kier molecular flexibility index (Phi) is 12.9. The average molecular weight is 675 g/mol. The third-order valence-corrected chi connectivity index (χ3v) is 7.65. The number of carbonyl (C=O) groups excluding carboxylic acids is 2. The molecule has 260 valence electrons. The van der Waals surface area contributed by atoms with E-state index in [9.17, 15) is 33.7 Å². The van der Waals surface area contributed by atoms with Gasteiger partial charge in [0.05, 0.1) is 29.8 Å². The molecule has 1 aliphatic rings. The van der Waals surface area contributed by atoms with E-state index in [4.69, 9.17) is 18.9 Å². The van der Waals surface area contributed by atoms with Gasteiger partial charge in [0.15, 0.2) is 0 Å². The number of nitrogens with one attached hydrogen (secondary N) is 1. The number of aryl methyl sites for hydroxylation is 2. The standard InChI is InChI=1S/C31H39FN6O10/c1-3-4-9-22-17-36(35-34-22)12-7-5-6-8-13-45-23-10-11-25(38(43)44)21(14-23)15-29(40)46-19-27-26(47-20(2)39)16-28(48-27)37-18-24(32)30(41)33-31(37)42/h10-11,14,17-18,26-28H,3-9,12-13,15-16,19H2,1-2H3,(H,33,41,42)/t26-,27+,28+/m0/s1. The third kappa shape index (κ3) is 10.3. The number of nitro benzene ring substituents is 1. The molecule has 1 aliphatic heterocycles. The van der Waals surface area contributed by atoms with Crippen molar-refractivity contribution in [2.45, 2.75) is 96.6 Å². The number of ether oxygens (including phenoxy) is 4. The Labute approximate surface area is 274 Å². The molecule has 1 saturated heterocycles. The second kappa shape index (κ2) is 17.3. The number of rotatable bonds is 18. The topological polar surface area (TPSA) is 200 Å². The minimum absolute atomic E-state index is 0.0747. The van der Waals surface area contributed by atoms with E-state index in [2.05, 4.69) is 17.2 Å². The van der Waals surface area contributed by atoms with Crippen molar-refractivity contribution in [3.8, 4) is 5.75 Å². The van der Waals surface area contributed by atoms with Crippen LogP contribution in [-0.4, -0.2) is 66.8 Å². The lowest BCUT2D eigenvalue weighted by Gasteiger charge is -2.18. The van der Waals surface area contributed by atoms with E-state index in [0.717, 1.165) is 68.7 Å². The molecule has 0 radical (unpaired) electrons. The molecular formula is C31H39FN6O10. The first-order valence-electron chi connectivity index (χ1n) is 15.8. The predicted molar refractivity (Wildman–Crippen MR) is 166 cm³/mol. The highest BCUT2D eigenvalue weighted by Crippen LogP contribution is 2.31. The van der Waals surface area contributed by atoms with Crippen molar-refractivity contribution >= 4 is 17.6 Å². The summed E-state index contributed by atoms with van der Waals surface area (Å²) in [7, 11) is 0. The van der Waals surface area contributed by atoms with Gasteiger partial charge in [-0.15, -0.1) is 5.10 Å². The van der Waals surface area contributed by atoms with Crippen molar-refractivity contribution in [2.75, 3.05) is 13.2 Å². The maximum Gasteiger partial charge on any atom is 0.330 e. The molecule has 2 aromatic heterocycles. The molecule has 4 rings (SSSR count). The summed E-state index contributed by atoms with van der Waals surface area (Å²) >= 11 is 0. The van der Waals surface area contributed by atoms with Gasteiger partial charge in [-0.1, -0.05) is 25.0 Å². The van der Waals surface area contributed by atoms with Crippen molar-refractivity contribution in [3.05, 3.63) is 78.6 Å². The first-order valence-corrected chi connectivity index (χ1v) is 15.8. The number of esters is 2. The first-order chi connectivity index (χ1) is 23.0. The molecule has 1 N–H and O–H groups in total. The summed E-state index contributed by atoms with van der Waals surface area (Å²) in [6.45, 7) is 4.02. The van der Waals surface area contributed by atoms with Gasteiger partial charge in [0.2, 0.25) is 5.82 Å². The number of hydrogen-bond acceptors (Lipinski definition) is 12. The van der Waals surface area contributed by atoms with E-state index in [1.807, 2.05) is 15.9 Å². The largest absolute Gasteiger partial charge is 0.494 e. The lowest BCUT2D eigenvalue weighted by Crippen LogP contribution is -2.34. The fourth-order valence-corrected chi connectivity index (χ4v) is 5.23. The van der Waals surface area contributed by atoms with Crippen LogP contribution in [0.4, 0.5) is 10.1 Å². The van der Waals surface area contributed by atoms with Gasteiger partial charge in [0, 0.05) is 37.7 Å². The SMILES string of the molecule is CCCCc1cn(CCCCCCOc2ccc([N+](=O)[O-])c(CC(=O)OC[C@H]3O[C@@H](n4cc(F)c(=O)[nH]c4=O)C[C@@H]3OC(C)=O)c2)nn1. The van der Waals surface area contributed by atoms with Gasteiger partial charge in [-0.25, -0.2) is 4.79 Å². The maximum atomic E-state index is 13.8. The Hall–Kier alpha value is -4.93. The third-order valence-electron chi connectivity index (χ3n) is 7.65. The van der Waals surface area contributed by atoms with Crippen molar-refractivity contribution in [1.29, 1.82) is 0 Å². The number of aromatic amines is 1. The number of benzene rings is 1. The molecule has 16 nitrogen and oxygen atoms in total. The molecule has 0 saturated carbocycles. The molecule has 1 aromatic carbocycles. The zero-order valence-electron chi connectivity index (χ0n) is 26.8. The Morgan fingerprint density at radius 2 is 1.96 bits per heavy atom. The molecule has 0 unspecified atom stereocenters. The lowest BCUT2D eigenvalue weighted by molar-refractivity contribution is -0.385. The number of unbranched alkanes of at least 4 members (excludes halogenated alkanes) is 4. The minimum Gasteiger partial charge on any atom is -0.494 e. The van der Waals surface area contributed by atoms with Gasteiger partial charge in [-0.2, -0.15) is 4.39 Å². The molecule has 3 aromatic rings. The van der Waals surface area contributed by atoms with E-state index in [1.165, 1.54) is 18.2 Å². The Bertz CT molecular complexity index is 1690. The van der Waals surface area contributed by atoms with Crippen LogP contribution in [0.1, 0.15) is 76.3 Å². The maximum absolute atomic E-state index is 13.8. The molecule has 1 fully saturated rings. The Balaban J connectivity index is 1.26. The Morgan fingerprint density at radius 1 is 1.17 bits per heavy atom. The van der Waals surface area contributed by atoms with Gasteiger partial charge in [-0.05, 0) is 44.2 Å². The lowest BCUT2D eigenvalue weighted by atomic mass is 10.1. The molecule has 0 amide bonds. The fourth-order valence-electron chi connectivity index (χ4n) is 5.23. The molecular weight excluding hydrogens is 635 g/mol. The highest BCUT2D eigenvalue weighted by molar-refractivity contribution is 5.74. The van der Waals surface area contributed by atoms with Crippen LogP contribution in [0.15, 0.2) is 40.2 Å². The van der Waals surface area contributed by atoms with Crippen LogP contribution in [-0.2, 0) is 43.2 Å². The van der Waals surface area contributed by atoms with Gasteiger partial charge >= 0.3 is 17.6 Å². The fraction of sp³-hybridized carbons (Fsp3) is 0.548. The van der Waals surface area contributed by atoms with Crippen molar-refractivity contribution in [1.82, 2.24) is 24.5 Å². The second-order valence-electron chi connectivity index (χ2n) is 11.4. The highest BCUT2D eigenvalue weighted by atomic mass is 19.1. The summed E-state index contributed by atoms with van der Waals surface area (Å²) in [6.07, 6.45) is 5.66.